The quantitative estimate of drug-likeness (QED) is 0.319. The van der Waals surface area contributed by atoms with E-state index in [1.807, 2.05) is 40.1 Å². The molecule has 196 valence electrons. The number of likely N-dealkylation sites (tertiary alicyclic amines) is 2. The average molecular weight is 517 g/mol. The third-order valence-electron chi connectivity index (χ3n) is 8.92. The number of benzene rings is 3. The van der Waals surface area contributed by atoms with Gasteiger partial charge in [-0.1, -0.05) is 66.7 Å². The van der Waals surface area contributed by atoms with Crippen molar-refractivity contribution >= 4 is 33.6 Å². The van der Waals surface area contributed by atoms with Crippen LogP contribution in [0.25, 0.3) is 21.8 Å². The van der Waals surface area contributed by atoms with Crippen LogP contribution in [0.5, 0.6) is 0 Å². The van der Waals surface area contributed by atoms with Crippen molar-refractivity contribution in [2.45, 2.75) is 31.2 Å². The summed E-state index contributed by atoms with van der Waals surface area (Å²) in [5, 5.41) is 2.47. The van der Waals surface area contributed by atoms with E-state index in [1.54, 1.807) is 0 Å². The predicted molar refractivity (Wildman–Crippen MR) is 153 cm³/mol. The number of aromatic amines is 2. The Morgan fingerprint density at radius 3 is 1.97 bits per heavy atom. The Balaban J connectivity index is 1.16. The van der Waals surface area contributed by atoms with Gasteiger partial charge in [0, 0.05) is 72.2 Å². The van der Waals surface area contributed by atoms with E-state index in [1.165, 1.54) is 21.9 Å². The van der Waals surface area contributed by atoms with E-state index in [9.17, 15) is 9.59 Å². The normalized spacial score (nSPS) is 19.3. The largest absolute Gasteiger partial charge is 0.361 e. The summed E-state index contributed by atoms with van der Waals surface area (Å²) < 4.78 is 0. The summed E-state index contributed by atoms with van der Waals surface area (Å²) in [7, 11) is 0. The van der Waals surface area contributed by atoms with Crippen molar-refractivity contribution in [2.24, 2.45) is 5.92 Å². The third-order valence-corrected chi connectivity index (χ3v) is 8.92. The van der Waals surface area contributed by atoms with Crippen LogP contribution < -0.4 is 0 Å². The number of nitrogens with zero attached hydrogens (tertiary/aromatic N) is 2. The van der Waals surface area contributed by atoms with E-state index in [4.69, 9.17) is 0 Å². The smallest absolute Gasteiger partial charge is 0.227 e. The number of amides is 2. The second kappa shape index (κ2) is 9.45. The van der Waals surface area contributed by atoms with Crippen LogP contribution in [0.4, 0.5) is 0 Å². The molecule has 2 aliphatic rings. The van der Waals surface area contributed by atoms with Crippen LogP contribution in [0, 0.1) is 5.92 Å². The number of nitrogens with one attached hydrogen (secondary N) is 2. The molecule has 7 rings (SSSR count). The zero-order valence-electron chi connectivity index (χ0n) is 21.9. The van der Waals surface area contributed by atoms with Crippen LogP contribution in [0.1, 0.15) is 36.0 Å². The van der Waals surface area contributed by atoms with Gasteiger partial charge in [0.05, 0.1) is 5.92 Å². The second-order valence-electron chi connectivity index (χ2n) is 11.1. The number of aromatic nitrogens is 2. The van der Waals surface area contributed by atoms with Gasteiger partial charge in [-0.05, 0) is 41.7 Å². The molecular weight excluding hydrogens is 484 g/mol. The van der Waals surface area contributed by atoms with Crippen LogP contribution >= 0.6 is 0 Å². The van der Waals surface area contributed by atoms with Crippen LogP contribution in [0.2, 0.25) is 0 Å². The highest BCUT2D eigenvalue weighted by molar-refractivity contribution is 5.91. The van der Waals surface area contributed by atoms with Crippen LogP contribution in [-0.4, -0.2) is 51.2 Å². The van der Waals surface area contributed by atoms with E-state index >= 15 is 0 Å². The average Bonchev–Trinajstić information content (AvgIpc) is 3.71. The van der Waals surface area contributed by atoms with Crippen molar-refractivity contribution in [1.29, 1.82) is 0 Å². The first-order valence-electron chi connectivity index (χ1n) is 13.9. The second-order valence-corrected chi connectivity index (χ2v) is 11.1. The molecular formula is C33H32N4O2. The molecule has 2 saturated heterocycles. The minimum Gasteiger partial charge on any atom is -0.361 e. The fourth-order valence-electron chi connectivity index (χ4n) is 6.88. The highest BCUT2D eigenvalue weighted by Gasteiger charge is 2.44. The minimum absolute atomic E-state index is 0.0705. The van der Waals surface area contributed by atoms with Gasteiger partial charge in [0.15, 0.2) is 0 Å². The lowest BCUT2D eigenvalue weighted by Crippen LogP contribution is -2.47. The lowest BCUT2D eigenvalue weighted by molar-refractivity contribution is -0.137. The van der Waals surface area contributed by atoms with Crippen molar-refractivity contribution in [2.75, 3.05) is 19.6 Å². The lowest BCUT2D eigenvalue weighted by atomic mass is 9.67. The van der Waals surface area contributed by atoms with Gasteiger partial charge in [-0.25, -0.2) is 0 Å². The summed E-state index contributed by atoms with van der Waals surface area (Å²) in [5.41, 5.74) is 5.72. The first-order chi connectivity index (χ1) is 19.1. The number of rotatable bonds is 5. The summed E-state index contributed by atoms with van der Waals surface area (Å²) in [6.07, 6.45) is 6.30. The molecule has 2 aliphatic heterocycles. The van der Waals surface area contributed by atoms with Gasteiger partial charge in [-0.2, -0.15) is 0 Å². The van der Waals surface area contributed by atoms with Crippen molar-refractivity contribution in [3.8, 4) is 0 Å². The van der Waals surface area contributed by atoms with Crippen molar-refractivity contribution in [1.82, 2.24) is 19.8 Å². The fraction of sp³-hybridized carbons (Fsp3) is 0.273. The van der Waals surface area contributed by atoms with Gasteiger partial charge in [-0.15, -0.1) is 0 Å². The van der Waals surface area contributed by atoms with Crippen LogP contribution in [-0.2, 0) is 21.5 Å². The predicted octanol–water partition coefficient (Wildman–Crippen LogP) is 5.61. The van der Waals surface area contributed by atoms with Crippen LogP contribution in [0.3, 0.4) is 0 Å². The number of para-hydroxylation sites is 2. The zero-order chi connectivity index (χ0) is 26.4. The molecule has 39 heavy (non-hydrogen) atoms. The van der Waals surface area contributed by atoms with Gasteiger partial charge in [0.2, 0.25) is 11.8 Å². The maximum absolute atomic E-state index is 13.7. The molecule has 5 aromatic rings. The molecule has 1 unspecified atom stereocenters. The van der Waals surface area contributed by atoms with Gasteiger partial charge >= 0.3 is 0 Å². The van der Waals surface area contributed by atoms with E-state index in [0.29, 0.717) is 32.6 Å². The molecule has 0 aliphatic carbocycles. The lowest BCUT2D eigenvalue weighted by Gasteiger charge is -2.43. The zero-order valence-corrected chi connectivity index (χ0v) is 21.9. The molecule has 0 saturated carbocycles. The highest BCUT2D eigenvalue weighted by Crippen LogP contribution is 2.47. The van der Waals surface area contributed by atoms with E-state index in [2.05, 4.69) is 70.9 Å². The summed E-state index contributed by atoms with van der Waals surface area (Å²) in [6.45, 7) is 2.40. The monoisotopic (exact) mass is 516 g/mol. The number of hydrogen-bond acceptors (Lipinski definition) is 2. The number of hydrogen-bond donors (Lipinski definition) is 2. The maximum Gasteiger partial charge on any atom is 0.227 e. The van der Waals surface area contributed by atoms with E-state index in [0.717, 1.165) is 29.4 Å². The molecule has 2 N–H and O–H groups in total. The highest BCUT2D eigenvalue weighted by atomic mass is 16.2. The third kappa shape index (κ3) is 4.02. The molecule has 3 aromatic carbocycles. The van der Waals surface area contributed by atoms with Crippen molar-refractivity contribution < 1.29 is 9.59 Å². The molecule has 2 fully saturated rings. The SMILES string of the molecule is O=C1CC(C(=O)N2CCC(c3c[nH]c4ccccc34)(c3c[nH]c4ccccc34)CC2)CN1Cc1ccccc1. The van der Waals surface area contributed by atoms with Crippen molar-refractivity contribution in [3.05, 3.63) is 108 Å². The number of carbonyl (C=O) groups excluding carboxylic acids is 2. The Morgan fingerprint density at radius 2 is 1.36 bits per heavy atom. The maximum atomic E-state index is 13.7. The molecule has 1 atom stereocenters. The van der Waals surface area contributed by atoms with E-state index in [-0.39, 0.29) is 23.1 Å². The first kappa shape index (κ1) is 23.8. The van der Waals surface area contributed by atoms with Crippen molar-refractivity contribution in [3.63, 3.8) is 0 Å². The molecule has 6 heteroatoms. The number of H-pyrrole nitrogens is 2. The number of fused-ring (bicyclic) bond motifs is 2. The Hall–Kier alpha value is -4.32. The minimum atomic E-state index is -0.269. The number of carbonyl (C=O) groups is 2. The van der Waals surface area contributed by atoms with E-state index < -0.39 is 0 Å². The Labute approximate surface area is 227 Å². The molecule has 6 nitrogen and oxygen atoms in total. The standard InChI is InChI=1S/C33H32N4O2/c38-31-18-24(22-37(31)21-23-8-2-1-3-9-23)32(39)36-16-14-33(15-17-36,27-19-34-29-12-6-4-10-25(27)29)28-20-35-30-13-7-5-11-26(28)30/h1-13,19-20,24,34-35H,14-18,21-22H2. The fourth-order valence-corrected chi connectivity index (χ4v) is 6.88. The van der Waals surface area contributed by atoms with Gasteiger partial charge in [0.25, 0.3) is 0 Å². The van der Waals surface area contributed by atoms with Gasteiger partial charge < -0.3 is 19.8 Å². The Morgan fingerprint density at radius 1 is 0.795 bits per heavy atom. The summed E-state index contributed by atoms with van der Waals surface area (Å²) in [5.74, 6) is -0.0820. The summed E-state index contributed by atoms with van der Waals surface area (Å²) in [4.78, 5) is 37.3. The number of piperidine rings is 1. The van der Waals surface area contributed by atoms with Gasteiger partial charge in [-0.3, -0.25) is 9.59 Å². The molecule has 0 bridgehead atoms. The topological polar surface area (TPSA) is 72.2 Å². The Kier molecular flexibility index (Phi) is 5.76. The van der Waals surface area contributed by atoms with Crippen LogP contribution in [0.15, 0.2) is 91.3 Å². The summed E-state index contributed by atoms with van der Waals surface area (Å²) in [6, 6.07) is 27.0. The molecule has 2 amide bonds. The molecule has 0 spiro atoms. The Bertz CT molecular complexity index is 1580. The molecule has 4 heterocycles. The first-order valence-corrected chi connectivity index (χ1v) is 13.9. The summed E-state index contributed by atoms with van der Waals surface area (Å²) >= 11 is 0. The van der Waals surface area contributed by atoms with Gasteiger partial charge in [0.1, 0.15) is 0 Å². The molecule has 0 radical (unpaired) electrons. The molecule has 2 aromatic heterocycles.